The van der Waals surface area contributed by atoms with Crippen LogP contribution in [0.3, 0.4) is 0 Å². The van der Waals surface area contributed by atoms with Gasteiger partial charge in [0.05, 0.1) is 6.54 Å². The van der Waals surface area contributed by atoms with E-state index in [-0.39, 0.29) is 11.4 Å². The Bertz CT molecular complexity index is 298. The van der Waals surface area contributed by atoms with Gasteiger partial charge in [0, 0.05) is 25.7 Å². The number of rotatable bonds is 7. The molecule has 2 N–H and O–H groups in total. The second-order valence-electron chi connectivity index (χ2n) is 6.44. The van der Waals surface area contributed by atoms with Gasteiger partial charge in [0.2, 0.25) is 5.91 Å². The predicted molar refractivity (Wildman–Crippen MR) is 84.6 cm³/mol. The lowest BCUT2D eigenvalue weighted by atomic mass is 9.76. The molecular formula is C16H33N3O. The zero-order valence-electron chi connectivity index (χ0n) is 13.8. The number of carbonyl (C=O) groups is 1. The first-order chi connectivity index (χ1) is 9.49. The van der Waals surface area contributed by atoms with Crippen LogP contribution in [0, 0.1) is 5.92 Å². The molecule has 0 aromatic rings. The molecular weight excluding hydrogens is 250 g/mol. The Labute approximate surface area is 124 Å². The number of nitrogens with two attached hydrogens (primary N) is 1. The second kappa shape index (κ2) is 7.99. The summed E-state index contributed by atoms with van der Waals surface area (Å²) < 4.78 is 0. The maximum Gasteiger partial charge on any atom is 0.236 e. The van der Waals surface area contributed by atoms with Crippen LogP contribution >= 0.6 is 0 Å². The van der Waals surface area contributed by atoms with Gasteiger partial charge in [-0.25, -0.2) is 0 Å². The fraction of sp³-hybridized carbons (Fsp3) is 0.938. The topological polar surface area (TPSA) is 49.6 Å². The highest BCUT2D eigenvalue weighted by Gasteiger charge is 2.38. The number of nitrogens with zero attached hydrogens (tertiary/aromatic N) is 2. The van der Waals surface area contributed by atoms with Gasteiger partial charge in [0.15, 0.2) is 0 Å². The highest BCUT2D eigenvalue weighted by molar-refractivity contribution is 5.78. The molecule has 0 aromatic heterocycles. The van der Waals surface area contributed by atoms with Crippen molar-refractivity contribution in [2.45, 2.75) is 58.4 Å². The fourth-order valence-corrected chi connectivity index (χ4v) is 3.16. The Morgan fingerprint density at radius 3 is 2.35 bits per heavy atom. The molecule has 0 atom stereocenters. The van der Waals surface area contributed by atoms with Gasteiger partial charge < -0.3 is 10.6 Å². The van der Waals surface area contributed by atoms with E-state index in [1.54, 1.807) is 4.90 Å². The fourth-order valence-electron chi connectivity index (χ4n) is 3.16. The van der Waals surface area contributed by atoms with Crippen LogP contribution in [-0.2, 0) is 4.79 Å². The van der Waals surface area contributed by atoms with Crippen LogP contribution in [0.25, 0.3) is 0 Å². The largest absolute Gasteiger partial charge is 0.345 e. The molecule has 0 aromatic carbocycles. The van der Waals surface area contributed by atoms with E-state index >= 15 is 0 Å². The molecule has 0 spiro atoms. The number of hydrogen-bond donors (Lipinski definition) is 1. The number of amides is 1. The molecule has 4 heteroatoms. The van der Waals surface area contributed by atoms with E-state index in [9.17, 15) is 4.79 Å². The number of hydrogen-bond acceptors (Lipinski definition) is 3. The summed E-state index contributed by atoms with van der Waals surface area (Å²) in [6.45, 7) is 9.44. The summed E-state index contributed by atoms with van der Waals surface area (Å²) in [7, 11) is 1.88. The summed E-state index contributed by atoms with van der Waals surface area (Å²) in [6, 6.07) is 0. The van der Waals surface area contributed by atoms with Gasteiger partial charge in [0.1, 0.15) is 0 Å². The Balaban J connectivity index is 2.78. The molecule has 1 fully saturated rings. The predicted octanol–water partition coefficient (Wildman–Crippen LogP) is 2.08. The number of likely N-dealkylation sites (N-methyl/N-ethyl adjacent to an activating group) is 1. The quantitative estimate of drug-likeness (QED) is 0.778. The van der Waals surface area contributed by atoms with E-state index in [0.29, 0.717) is 13.1 Å². The lowest BCUT2D eigenvalue weighted by Crippen LogP contribution is -2.58. The second-order valence-corrected chi connectivity index (χ2v) is 6.44. The minimum Gasteiger partial charge on any atom is -0.345 e. The summed E-state index contributed by atoms with van der Waals surface area (Å²) in [5.41, 5.74) is 6.18. The van der Waals surface area contributed by atoms with Gasteiger partial charge in [-0.3, -0.25) is 9.69 Å². The summed E-state index contributed by atoms with van der Waals surface area (Å²) >= 11 is 0. The molecule has 4 nitrogen and oxygen atoms in total. The van der Waals surface area contributed by atoms with Crippen molar-refractivity contribution >= 4 is 5.91 Å². The highest BCUT2D eigenvalue weighted by Crippen LogP contribution is 2.35. The Morgan fingerprint density at radius 1 is 1.30 bits per heavy atom. The molecule has 1 aliphatic carbocycles. The van der Waals surface area contributed by atoms with Gasteiger partial charge >= 0.3 is 0 Å². The Hall–Kier alpha value is -0.610. The molecule has 0 unspecified atom stereocenters. The monoisotopic (exact) mass is 283 g/mol. The molecule has 0 aliphatic heterocycles. The molecule has 1 rings (SSSR count). The van der Waals surface area contributed by atoms with Crippen molar-refractivity contribution in [3.8, 4) is 0 Å². The van der Waals surface area contributed by atoms with Crippen LogP contribution in [0.4, 0.5) is 0 Å². The third-order valence-electron chi connectivity index (χ3n) is 4.98. The maximum atomic E-state index is 12.3. The summed E-state index contributed by atoms with van der Waals surface area (Å²) in [6.07, 6.45) is 5.80. The van der Waals surface area contributed by atoms with E-state index in [4.69, 9.17) is 5.73 Å². The van der Waals surface area contributed by atoms with E-state index < -0.39 is 0 Å². The lowest BCUT2D eigenvalue weighted by Gasteiger charge is -2.47. The van der Waals surface area contributed by atoms with E-state index in [2.05, 4.69) is 18.7 Å². The van der Waals surface area contributed by atoms with Crippen LogP contribution in [0.1, 0.15) is 52.9 Å². The van der Waals surface area contributed by atoms with Crippen molar-refractivity contribution in [1.29, 1.82) is 0 Å². The average Bonchev–Trinajstić information content (AvgIpc) is 2.47. The van der Waals surface area contributed by atoms with Crippen LogP contribution in [0.2, 0.25) is 0 Å². The van der Waals surface area contributed by atoms with Gasteiger partial charge in [-0.1, -0.05) is 13.8 Å². The minimum atomic E-state index is 0.0484. The van der Waals surface area contributed by atoms with Crippen molar-refractivity contribution in [1.82, 2.24) is 9.80 Å². The SMILES string of the molecule is CCCN(CC(=O)N(C)CC)C1(CN)CCC(C)CC1. The normalized spacial score (nSPS) is 26.8. The molecule has 0 heterocycles. The molecule has 0 radical (unpaired) electrons. The summed E-state index contributed by atoms with van der Waals surface area (Å²) in [4.78, 5) is 16.4. The van der Waals surface area contributed by atoms with Gasteiger partial charge in [0.25, 0.3) is 0 Å². The third kappa shape index (κ3) is 4.19. The smallest absolute Gasteiger partial charge is 0.236 e. The van der Waals surface area contributed by atoms with Gasteiger partial charge in [-0.15, -0.1) is 0 Å². The molecule has 1 saturated carbocycles. The van der Waals surface area contributed by atoms with Crippen LogP contribution in [0.15, 0.2) is 0 Å². The van der Waals surface area contributed by atoms with Crippen LogP contribution in [0.5, 0.6) is 0 Å². The summed E-state index contributed by atoms with van der Waals surface area (Å²) in [5, 5.41) is 0. The van der Waals surface area contributed by atoms with Crippen molar-refractivity contribution in [2.75, 3.05) is 33.2 Å². The first-order valence-corrected chi connectivity index (χ1v) is 8.18. The molecule has 20 heavy (non-hydrogen) atoms. The molecule has 1 amide bonds. The standard InChI is InChI=1S/C16H33N3O/c1-5-11-19(12-15(20)18(4)6-2)16(13-17)9-7-14(3)8-10-16/h14H,5-13,17H2,1-4H3. The van der Waals surface area contributed by atoms with E-state index in [0.717, 1.165) is 38.3 Å². The van der Waals surface area contributed by atoms with E-state index in [1.807, 2.05) is 14.0 Å². The van der Waals surface area contributed by atoms with Crippen LogP contribution in [-0.4, -0.2) is 54.5 Å². The number of carbonyl (C=O) groups excluding carboxylic acids is 1. The maximum absolute atomic E-state index is 12.3. The lowest BCUT2D eigenvalue weighted by molar-refractivity contribution is -0.133. The van der Waals surface area contributed by atoms with Crippen molar-refractivity contribution in [2.24, 2.45) is 11.7 Å². The molecule has 0 bridgehead atoms. The minimum absolute atomic E-state index is 0.0484. The molecule has 0 saturated heterocycles. The van der Waals surface area contributed by atoms with E-state index in [1.165, 1.54) is 12.8 Å². The zero-order valence-corrected chi connectivity index (χ0v) is 13.8. The third-order valence-corrected chi connectivity index (χ3v) is 4.98. The highest BCUT2D eigenvalue weighted by atomic mass is 16.2. The Kier molecular flexibility index (Phi) is 6.96. The first kappa shape index (κ1) is 17.4. The Morgan fingerprint density at radius 2 is 1.90 bits per heavy atom. The van der Waals surface area contributed by atoms with Crippen molar-refractivity contribution in [3.05, 3.63) is 0 Å². The summed E-state index contributed by atoms with van der Waals surface area (Å²) in [5.74, 6) is 1.01. The van der Waals surface area contributed by atoms with Crippen molar-refractivity contribution < 1.29 is 4.79 Å². The molecule has 1 aliphatic rings. The molecule has 118 valence electrons. The first-order valence-electron chi connectivity index (χ1n) is 8.18. The van der Waals surface area contributed by atoms with Gasteiger partial charge in [-0.05, 0) is 51.5 Å². The average molecular weight is 283 g/mol. The van der Waals surface area contributed by atoms with Crippen molar-refractivity contribution in [3.63, 3.8) is 0 Å². The van der Waals surface area contributed by atoms with Gasteiger partial charge in [-0.2, -0.15) is 0 Å². The zero-order chi connectivity index (χ0) is 15.2. The van der Waals surface area contributed by atoms with Crippen LogP contribution < -0.4 is 5.73 Å².